The first kappa shape index (κ1) is 12.8. The Bertz CT molecular complexity index is 474. The smallest absolute Gasteiger partial charge is 0.128 e. The average molecular weight is 261 g/mol. The number of nitrogens with two attached hydrogens (primary N) is 1. The molecule has 1 aromatic rings. The van der Waals surface area contributed by atoms with Crippen molar-refractivity contribution >= 4 is 0 Å². The van der Waals surface area contributed by atoms with Crippen LogP contribution in [0, 0.1) is 5.92 Å². The van der Waals surface area contributed by atoms with Crippen LogP contribution in [0.25, 0.3) is 0 Å². The van der Waals surface area contributed by atoms with Crippen LogP contribution in [0.2, 0.25) is 0 Å². The van der Waals surface area contributed by atoms with Crippen molar-refractivity contribution in [3.63, 3.8) is 0 Å². The highest BCUT2D eigenvalue weighted by atomic mass is 16.5. The fourth-order valence-corrected chi connectivity index (χ4v) is 3.62. The Labute approximate surface area is 115 Å². The average Bonchev–Trinajstić information content (AvgIpc) is 2.41. The van der Waals surface area contributed by atoms with Crippen molar-refractivity contribution in [2.75, 3.05) is 7.11 Å². The lowest BCUT2D eigenvalue weighted by molar-refractivity contribution is -0.0408. The lowest BCUT2D eigenvalue weighted by Crippen LogP contribution is -2.49. The lowest BCUT2D eigenvalue weighted by atomic mass is 9.71. The van der Waals surface area contributed by atoms with E-state index in [4.69, 9.17) is 15.2 Å². The molecule has 3 atom stereocenters. The van der Waals surface area contributed by atoms with Crippen LogP contribution in [0.1, 0.15) is 50.6 Å². The zero-order chi connectivity index (χ0) is 13.5. The number of methoxy groups -OCH3 is 1. The van der Waals surface area contributed by atoms with Gasteiger partial charge in [-0.05, 0) is 31.2 Å². The number of benzene rings is 1. The van der Waals surface area contributed by atoms with Gasteiger partial charge in [-0.15, -0.1) is 0 Å². The molecule has 19 heavy (non-hydrogen) atoms. The molecule has 2 N–H and O–H groups in total. The maximum absolute atomic E-state index is 6.43. The standard InChI is InChI=1S/C16H23NO2/c1-11-5-3-4-8-16(11)10-14(17)13-7-6-12(18-2)9-15(13)19-16/h6-7,9,11,14H,3-5,8,10,17H2,1-2H3. The summed E-state index contributed by atoms with van der Waals surface area (Å²) in [5, 5.41) is 0. The molecule has 3 rings (SSSR count). The van der Waals surface area contributed by atoms with E-state index in [0.29, 0.717) is 5.92 Å². The van der Waals surface area contributed by atoms with Crippen LogP contribution < -0.4 is 15.2 Å². The molecule has 1 aliphatic heterocycles. The first-order valence-corrected chi connectivity index (χ1v) is 7.27. The summed E-state index contributed by atoms with van der Waals surface area (Å²) in [5.74, 6) is 2.34. The summed E-state index contributed by atoms with van der Waals surface area (Å²) < 4.78 is 11.7. The highest BCUT2D eigenvalue weighted by Gasteiger charge is 2.45. The van der Waals surface area contributed by atoms with Crippen molar-refractivity contribution in [1.29, 1.82) is 0 Å². The maximum atomic E-state index is 6.43. The summed E-state index contributed by atoms with van der Waals surface area (Å²) in [6.07, 6.45) is 5.86. The molecule has 0 aromatic heterocycles. The predicted molar refractivity (Wildman–Crippen MR) is 75.5 cm³/mol. The molecule has 2 aliphatic rings. The zero-order valence-electron chi connectivity index (χ0n) is 11.8. The molecule has 0 saturated heterocycles. The zero-order valence-corrected chi connectivity index (χ0v) is 11.8. The number of ether oxygens (including phenoxy) is 2. The summed E-state index contributed by atoms with van der Waals surface area (Å²) in [4.78, 5) is 0. The normalized spacial score (nSPS) is 33.6. The molecule has 1 heterocycles. The van der Waals surface area contributed by atoms with E-state index in [0.717, 1.165) is 29.9 Å². The van der Waals surface area contributed by atoms with E-state index in [1.807, 2.05) is 18.2 Å². The summed E-state index contributed by atoms with van der Waals surface area (Å²) in [6, 6.07) is 6.07. The molecular weight excluding hydrogens is 238 g/mol. The molecule has 3 unspecified atom stereocenters. The van der Waals surface area contributed by atoms with Gasteiger partial charge >= 0.3 is 0 Å². The Balaban J connectivity index is 1.97. The van der Waals surface area contributed by atoms with Crippen LogP contribution in [-0.4, -0.2) is 12.7 Å². The SMILES string of the molecule is COc1ccc2c(c1)OC1(CCCCC1C)CC2N. The Kier molecular flexibility index (Phi) is 3.17. The van der Waals surface area contributed by atoms with E-state index in [1.54, 1.807) is 7.11 Å². The molecule has 1 aliphatic carbocycles. The Morgan fingerprint density at radius 1 is 1.37 bits per heavy atom. The Hall–Kier alpha value is -1.22. The first-order chi connectivity index (χ1) is 9.14. The van der Waals surface area contributed by atoms with Gasteiger partial charge in [-0.3, -0.25) is 0 Å². The van der Waals surface area contributed by atoms with Crippen molar-refractivity contribution in [3.8, 4) is 11.5 Å². The number of hydrogen-bond donors (Lipinski definition) is 1. The highest BCUT2D eigenvalue weighted by Crippen LogP contribution is 2.48. The number of rotatable bonds is 1. The molecule has 104 valence electrons. The molecule has 1 fully saturated rings. The van der Waals surface area contributed by atoms with Gasteiger partial charge in [-0.1, -0.05) is 19.4 Å². The van der Waals surface area contributed by atoms with Gasteiger partial charge in [0.15, 0.2) is 0 Å². The van der Waals surface area contributed by atoms with Crippen molar-refractivity contribution in [3.05, 3.63) is 23.8 Å². The molecule has 3 nitrogen and oxygen atoms in total. The van der Waals surface area contributed by atoms with Gasteiger partial charge in [-0.2, -0.15) is 0 Å². The van der Waals surface area contributed by atoms with Crippen LogP contribution in [0.15, 0.2) is 18.2 Å². The third-order valence-electron chi connectivity index (χ3n) is 4.88. The molecule has 1 spiro atoms. The summed E-state index contributed by atoms with van der Waals surface area (Å²) in [7, 11) is 1.68. The minimum absolute atomic E-state index is 0.0585. The van der Waals surface area contributed by atoms with Crippen LogP contribution >= 0.6 is 0 Å². The van der Waals surface area contributed by atoms with Crippen LogP contribution in [0.4, 0.5) is 0 Å². The second-order valence-electron chi connectivity index (χ2n) is 6.03. The van der Waals surface area contributed by atoms with Gasteiger partial charge in [0.1, 0.15) is 17.1 Å². The first-order valence-electron chi connectivity index (χ1n) is 7.27. The lowest BCUT2D eigenvalue weighted by Gasteiger charge is -2.47. The van der Waals surface area contributed by atoms with E-state index in [1.165, 1.54) is 19.3 Å². The number of fused-ring (bicyclic) bond motifs is 1. The Morgan fingerprint density at radius 2 is 2.21 bits per heavy atom. The van der Waals surface area contributed by atoms with E-state index in [-0.39, 0.29) is 11.6 Å². The summed E-state index contributed by atoms with van der Waals surface area (Å²) >= 11 is 0. The van der Waals surface area contributed by atoms with Crippen LogP contribution in [0.3, 0.4) is 0 Å². The second-order valence-corrected chi connectivity index (χ2v) is 6.03. The number of hydrogen-bond acceptors (Lipinski definition) is 3. The second kappa shape index (κ2) is 4.71. The van der Waals surface area contributed by atoms with E-state index in [2.05, 4.69) is 6.92 Å². The fourth-order valence-electron chi connectivity index (χ4n) is 3.62. The predicted octanol–water partition coefficient (Wildman–Crippen LogP) is 3.43. The van der Waals surface area contributed by atoms with Gasteiger partial charge < -0.3 is 15.2 Å². The summed E-state index contributed by atoms with van der Waals surface area (Å²) in [5.41, 5.74) is 7.44. The van der Waals surface area contributed by atoms with E-state index < -0.39 is 0 Å². The van der Waals surface area contributed by atoms with Crippen molar-refractivity contribution in [1.82, 2.24) is 0 Å². The van der Waals surface area contributed by atoms with Crippen LogP contribution in [0.5, 0.6) is 11.5 Å². The van der Waals surface area contributed by atoms with Crippen molar-refractivity contribution in [2.24, 2.45) is 11.7 Å². The highest BCUT2D eigenvalue weighted by molar-refractivity contribution is 5.44. The van der Waals surface area contributed by atoms with Gasteiger partial charge in [0.25, 0.3) is 0 Å². The molecule has 3 heteroatoms. The van der Waals surface area contributed by atoms with Gasteiger partial charge in [-0.25, -0.2) is 0 Å². The molecule has 0 amide bonds. The minimum atomic E-state index is -0.0585. The third kappa shape index (κ3) is 2.10. The largest absolute Gasteiger partial charge is 0.497 e. The Morgan fingerprint density at radius 3 is 2.95 bits per heavy atom. The van der Waals surface area contributed by atoms with E-state index >= 15 is 0 Å². The van der Waals surface area contributed by atoms with E-state index in [9.17, 15) is 0 Å². The molecule has 0 radical (unpaired) electrons. The monoisotopic (exact) mass is 261 g/mol. The maximum Gasteiger partial charge on any atom is 0.128 e. The van der Waals surface area contributed by atoms with Gasteiger partial charge in [0.05, 0.1) is 7.11 Å². The molecule has 0 bridgehead atoms. The molecular formula is C16H23NO2. The molecule has 1 saturated carbocycles. The van der Waals surface area contributed by atoms with Crippen molar-refractivity contribution < 1.29 is 9.47 Å². The quantitative estimate of drug-likeness (QED) is 0.842. The van der Waals surface area contributed by atoms with Gasteiger partial charge in [0.2, 0.25) is 0 Å². The summed E-state index contributed by atoms with van der Waals surface area (Å²) in [6.45, 7) is 2.30. The van der Waals surface area contributed by atoms with Gasteiger partial charge in [0, 0.05) is 24.1 Å². The van der Waals surface area contributed by atoms with Crippen molar-refractivity contribution in [2.45, 2.75) is 50.7 Å². The fraction of sp³-hybridized carbons (Fsp3) is 0.625. The molecule has 1 aromatic carbocycles. The minimum Gasteiger partial charge on any atom is -0.497 e. The third-order valence-corrected chi connectivity index (χ3v) is 4.88. The topological polar surface area (TPSA) is 44.5 Å². The van der Waals surface area contributed by atoms with Crippen LogP contribution in [-0.2, 0) is 0 Å².